The van der Waals surface area contributed by atoms with Gasteiger partial charge in [-0.1, -0.05) is 0 Å². The average molecular weight is 229 g/mol. The summed E-state index contributed by atoms with van der Waals surface area (Å²) >= 11 is 1.58. The molecule has 1 rings (SSSR count). The molecule has 2 unspecified atom stereocenters. The first kappa shape index (κ1) is 12.1. The molecule has 0 aromatic carbocycles. The van der Waals surface area contributed by atoms with Crippen molar-refractivity contribution >= 4 is 17.4 Å². The SMILES string of the molecule is CSC(CO)C(C)Nc1cn[nH]c(=O)c1. The molecule has 0 saturated heterocycles. The summed E-state index contributed by atoms with van der Waals surface area (Å²) in [4.78, 5) is 11.0. The lowest BCUT2D eigenvalue weighted by Crippen LogP contribution is -2.31. The van der Waals surface area contributed by atoms with Crippen molar-refractivity contribution in [3.05, 3.63) is 22.6 Å². The van der Waals surface area contributed by atoms with Gasteiger partial charge in [0.15, 0.2) is 0 Å². The first-order valence-electron chi connectivity index (χ1n) is 4.62. The van der Waals surface area contributed by atoms with E-state index in [4.69, 9.17) is 5.11 Å². The highest BCUT2D eigenvalue weighted by molar-refractivity contribution is 7.99. The van der Waals surface area contributed by atoms with Crippen molar-refractivity contribution in [3.63, 3.8) is 0 Å². The van der Waals surface area contributed by atoms with Crippen LogP contribution in [0.25, 0.3) is 0 Å². The van der Waals surface area contributed by atoms with Crippen LogP contribution in [0.3, 0.4) is 0 Å². The van der Waals surface area contributed by atoms with Crippen molar-refractivity contribution in [3.8, 4) is 0 Å². The number of rotatable bonds is 5. The third-order valence-corrected chi connectivity index (χ3v) is 3.26. The van der Waals surface area contributed by atoms with Crippen LogP contribution in [0.15, 0.2) is 17.1 Å². The van der Waals surface area contributed by atoms with Gasteiger partial charge in [0.1, 0.15) is 0 Å². The van der Waals surface area contributed by atoms with Crippen molar-refractivity contribution in [1.29, 1.82) is 0 Å². The van der Waals surface area contributed by atoms with Gasteiger partial charge in [-0.3, -0.25) is 4.79 Å². The molecule has 0 fully saturated rings. The van der Waals surface area contributed by atoms with E-state index in [1.165, 1.54) is 6.07 Å². The number of aromatic amines is 1. The monoisotopic (exact) mass is 229 g/mol. The van der Waals surface area contributed by atoms with Gasteiger partial charge in [0.2, 0.25) is 0 Å². The van der Waals surface area contributed by atoms with Gasteiger partial charge in [-0.2, -0.15) is 16.9 Å². The van der Waals surface area contributed by atoms with Gasteiger partial charge in [-0.25, -0.2) is 5.10 Å². The van der Waals surface area contributed by atoms with Gasteiger partial charge in [0.25, 0.3) is 5.56 Å². The fourth-order valence-corrected chi connectivity index (χ4v) is 1.87. The van der Waals surface area contributed by atoms with E-state index in [1.807, 2.05) is 13.2 Å². The lowest BCUT2D eigenvalue weighted by Gasteiger charge is -2.21. The predicted molar refractivity (Wildman–Crippen MR) is 62.3 cm³/mol. The van der Waals surface area contributed by atoms with Gasteiger partial charge >= 0.3 is 0 Å². The molecule has 0 radical (unpaired) electrons. The average Bonchev–Trinajstić information content (AvgIpc) is 2.19. The van der Waals surface area contributed by atoms with Crippen molar-refractivity contribution in [2.45, 2.75) is 18.2 Å². The normalized spacial score (nSPS) is 14.6. The summed E-state index contributed by atoms with van der Waals surface area (Å²) in [6.07, 6.45) is 3.49. The van der Waals surface area contributed by atoms with Gasteiger partial charge in [-0.15, -0.1) is 0 Å². The Balaban J connectivity index is 2.65. The molecule has 0 bridgehead atoms. The van der Waals surface area contributed by atoms with Crippen LogP contribution in [0, 0.1) is 0 Å². The quantitative estimate of drug-likeness (QED) is 0.676. The van der Waals surface area contributed by atoms with E-state index in [1.54, 1.807) is 18.0 Å². The molecular formula is C9H15N3O2S. The van der Waals surface area contributed by atoms with Crippen LogP contribution in [0.4, 0.5) is 5.69 Å². The fraction of sp³-hybridized carbons (Fsp3) is 0.556. The van der Waals surface area contributed by atoms with E-state index >= 15 is 0 Å². The molecular weight excluding hydrogens is 214 g/mol. The van der Waals surface area contributed by atoms with Crippen LogP contribution >= 0.6 is 11.8 Å². The molecule has 84 valence electrons. The van der Waals surface area contributed by atoms with Crippen LogP contribution < -0.4 is 10.9 Å². The maximum Gasteiger partial charge on any atom is 0.266 e. The predicted octanol–water partition coefficient (Wildman–Crippen LogP) is 0.294. The third kappa shape index (κ3) is 3.56. The molecule has 0 spiro atoms. The minimum absolute atomic E-state index is 0.0774. The molecule has 1 aromatic rings. The van der Waals surface area contributed by atoms with Crippen LogP contribution in [0.1, 0.15) is 6.92 Å². The molecule has 0 amide bonds. The summed E-state index contributed by atoms with van der Waals surface area (Å²) in [6, 6.07) is 1.52. The van der Waals surface area contributed by atoms with Gasteiger partial charge < -0.3 is 10.4 Å². The van der Waals surface area contributed by atoms with Crippen LogP contribution in [-0.2, 0) is 0 Å². The Hall–Kier alpha value is -1.01. The third-order valence-electron chi connectivity index (χ3n) is 2.10. The van der Waals surface area contributed by atoms with E-state index in [9.17, 15) is 4.79 Å². The van der Waals surface area contributed by atoms with E-state index < -0.39 is 0 Å². The fourth-order valence-electron chi connectivity index (χ4n) is 1.25. The van der Waals surface area contributed by atoms with Crippen LogP contribution in [-0.4, -0.2) is 39.5 Å². The van der Waals surface area contributed by atoms with Crippen molar-refractivity contribution in [2.24, 2.45) is 0 Å². The number of aliphatic hydroxyl groups excluding tert-OH is 1. The van der Waals surface area contributed by atoms with E-state index in [-0.39, 0.29) is 23.5 Å². The van der Waals surface area contributed by atoms with E-state index in [0.717, 1.165) is 0 Å². The summed E-state index contributed by atoms with van der Waals surface area (Å²) < 4.78 is 0. The summed E-state index contributed by atoms with van der Waals surface area (Å²) in [7, 11) is 0. The largest absolute Gasteiger partial charge is 0.395 e. The first-order chi connectivity index (χ1) is 7.17. The molecule has 0 aliphatic carbocycles. The number of aromatic nitrogens is 2. The number of hydrogen-bond donors (Lipinski definition) is 3. The standard InChI is InChI=1S/C9H15N3O2S/c1-6(8(5-13)15-2)11-7-3-9(14)12-10-4-7/h3-4,6,8,13H,5H2,1-2H3,(H2,11,12,14). The summed E-state index contributed by atoms with van der Waals surface area (Å²) in [5.41, 5.74) is 0.427. The Morgan fingerprint density at radius 2 is 2.47 bits per heavy atom. The summed E-state index contributed by atoms with van der Waals surface area (Å²) in [5, 5.41) is 18.3. The maximum atomic E-state index is 11.0. The maximum absolute atomic E-state index is 11.0. The molecule has 5 nitrogen and oxygen atoms in total. The van der Waals surface area contributed by atoms with Gasteiger partial charge in [-0.05, 0) is 13.2 Å². The smallest absolute Gasteiger partial charge is 0.266 e. The molecule has 1 heterocycles. The summed E-state index contributed by atoms with van der Waals surface area (Å²) in [6.45, 7) is 2.06. The number of thioether (sulfide) groups is 1. The topological polar surface area (TPSA) is 78.0 Å². The van der Waals surface area contributed by atoms with Gasteiger partial charge in [0.05, 0.1) is 18.5 Å². The van der Waals surface area contributed by atoms with Gasteiger partial charge in [0, 0.05) is 17.4 Å². The lowest BCUT2D eigenvalue weighted by molar-refractivity contribution is 0.288. The Morgan fingerprint density at radius 1 is 1.73 bits per heavy atom. The Kier molecular flexibility index (Phi) is 4.64. The van der Waals surface area contributed by atoms with Crippen molar-refractivity contribution in [2.75, 3.05) is 18.2 Å². The number of nitrogens with zero attached hydrogens (tertiary/aromatic N) is 1. The zero-order valence-corrected chi connectivity index (χ0v) is 9.54. The first-order valence-corrected chi connectivity index (χ1v) is 5.91. The minimum atomic E-state index is -0.239. The second-order valence-corrected chi connectivity index (χ2v) is 4.30. The minimum Gasteiger partial charge on any atom is -0.395 e. The molecule has 1 aromatic heterocycles. The Morgan fingerprint density at radius 3 is 3.00 bits per heavy atom. The van der Waals surface area contributed by atoms with E-state index in [2.05, 4.69) is 15.5 Å². The molecule has 0 aliphatic rings. The molecule has 2 atom stereocenters. The molecule has 0 saturated carbocycles. The number of aliphatic hydroxyl groups is 1. The zero-order valence-electron chi connectivity index (χ0n) is 8.73. The second kappa shape index (κ2) is 5.77. The molecule has 6 heteroatoms. The second-order valence-electron chi connectivity index (χ2n) is 3.22. The van der Waals surface area contributed by atoms with Crippen molar-refractivity contribution in [1.82, 2.24) is 10.2 Å². The number of anilines is 1. The highest BCUT2D eigenvalue weighted by Crippen LogP contribution is 2.14. The molecule has 0 aliphatic heterocycles. The Labute approximate surface area is 92.3 Å². The highest BCUT2D eigenvalue weighted by atomic mass is 32.2. The number of H-pyrrole nitrogens is 1. The van der Waals surface area contributed by atoms with E-state index in [0.29, 0.717) is 5.69 Å². The highest BCUT2D eigenvalue weighted by Gasteiger charge is 2.14. The number of hydrogen-bond acceptors (Lipinski definition) is 5. The van der Waals surface area contributed by atoms with Crippen LogP contribution in [0.2, 0.25) is 0 Å². The van der Waals surface area contributed by atoms with Crippen molar-refractivity contribution < 1.29 is 5.11 Å². The molecule has 15 heavy (non-hydrogen) atoms. The van der Waals surface area contributed by atoms with Crippen LogP contribution in [0.5, 0.6) is 0 Å². The lowest BCUT2D eigenvalue weighted by atomic mass is 10.2. The Bertz CT molecular complexity index is 351. The number of nitrogens with one attached hydrogen (secondary N) is 2. The molecule has 3 N–H and O–H groups in total. The summed E-state index contributed by atoms with van der Waals surface area (Å²) in [5.74, 6) is 0. The zero-order chi connectivity index (χ0) is 11.3.